The van der Waals surface area contributed by atoms with Gasteiger partial charge in [-0.2, -0.15) is 0 Å². The number of ether oxygens (including phenoxy) is 1. The zero-order chi connectivity index (χ0) is 13.7. The molecule has 2 unspecified atom stereocenters. The summed E-state index contributed by atoms with van der Waals surface area (Å²) in [6.07, 6.45) is 0.608. The van der Waals surface area contributed by atoms with E-state index < -0.39 is 6.10 Å². The third-order valence-corrected chi connectivity index (χ3v) is 3.46. The molecule has 1 aromatic rings. The third-order valence-electron chi connectivity index (χ3n) is 3.46. The quantitative estimate of drug-likeness (QED) is 0.863. The van der Waals surface area contributed by atoms with Crippen molar-refractivity contribution in [2.24, 2.45) is 11.7 Å². The number of benzene rings is 1. The fourth-order valence-electron chi connectivity index (χ4n) is 2.56. The lowest BCUT2D eigenvalue weighted by Crippen LogP contribution is -2.49. The molecule has 4 nitrogen and oxygen atoms in total. The van der Waals surface area contributed by atoms with Crippen molar-refractivity contribution < 1.29 is 9.53 Å². The fraction of sp³-hybridized carbons (Fsp3) is 0.533. The summed E-state index contributed by atoms with van der Waals surface area (Å²) in [5.41, 5.74) is 6.65. The second kappa shape index (κ2) is 6.68. The van der Waals surface area contributed by atoms with E-state index in [9.17, 15) is 4.79 Å². The lowest BCUT2D eigenvalue weighted by atomic mass is 10.0. The summed E-state index contributed by atoms with van der Waals surface area (Å²) in [6, 6.07) is 10.5. The number of hydrogen-bond donors (Lipinski definition) is 1. The first-order chi connectivity index (χ1) is 9.15. The SMILES string of the molecule is CC(Cc1ccccc1)CN1CCOC(C(N)=O)C1. The number of hydrogen-bond acceptors (Lipinski definition) is 3. The van der Waals surface area contributed by atoms with Crippen molar-refractivity contribution in [1.82, 2.24) is 4.90 Å². The van der Waals surface area contributed by atoms with Gasteiger partial charge in [0, 0.05) is 19.6 Å². The second-order valence-electron chi connectivity index (χ2n) is 5.32. The van der Waals surface area contributed by atoms with Gasteiger partial charge in [-0.25, -0.2) is 0 Å². The van der Waals surface area contributed by atoms with Crippen LogP contribution in [0.5, 0.6) is 0 Å². The molecule has 0 saturated carbocycles. The molecule has 0 aromatic heterocycles. The molecule has 1 amide bonds. The first-order valence-corrected chi connectivity index (χ1v) is 6.82. The van der Waals surface area contributed by atoms with Crippen LogP contribution >= 0.6 is 0 Å². The number of primary amides is 1. The highest BCUT2D eigenvalue weighted by atomic mass is 16.5. The van der Waals surface area contributed by atoms with Crippen molar-refractivity contribution in [3.8, 4) is 0 Å². The van der Waals surface area contributed by atoms with Gasteiger partial charge in [0.25, 0.3) is 0 Å². The first-order valence-electron chi connectivity index (χ1n) is 6.82. The number of carbonyl (C=O) groups excluding carboxylic acids is 1. The molecule has 1 heterocycles. The zero-order valence-electron chi connectivity index (χ0n) is 11.4. The van der Waals surface area contributed by atoms with Crippen molar-refractivity contribution in [2.75, 3.05) is 26.2 Å². The van der Waals surface area contributed by atoms with Gasteiger partial charge < -0.3 is 10.5 Å². The zero-order valence-corrected chi connectivity index (χ0v) is 11.4. The van der Waals surface area contributed by atoms with E-state index in [4.69, 9.17) is 10.5 Å². The summed E-state index contributed by atoms with van der Waals surface area (Å²) >= 11 is 0. The van der Waals surface area contributed by atoms with Crippen LogP contribution in [0.2, 0.25) is 0 Å². The molecule has 104 valence electrons. The Hall–Kier alpha value is -1.39. The number of rotatable bonds is 5. The monoisotopic (exact) mass is 262 g/mol. The van der Waals surface area contributed by atoms with E-state index in [2.05, 4.69) is 36.1 Å². The molecule has 0 bridgehead atoms. The van der Waals surface area contributed by atoms with Crippen LogP contribution in [0, 0.1) is 5.92 Å². The Balaban J connectivity index is 1.82. The normalized spacial score (nSPS) is 22.1. The van der Waals surface area contributed by atoms with Crippen molar-refractivity contribution >= 4 is 5.91 Å². The molecule has 19 heavy (non-hydrogen) atoms. The molecule has 1 fully saturated rings. The van der Waals surface area contributed by atoms with Crippen LogP contribution in [0.15, 0.2) is 30.3 Å². The molecule has 4 heteroatoms. The molecule has 1 saturated heterocycles. The molecule has 1 aromatic carbocycles. The van der Waals surface area contributed by atoms with Gasteiger partial charge in [0.05, 0.1) is 6.61 Å². The molecule has 0 aliphatic carbocycles. The highest BCUT2D eigenvalue weighted by Crippen LogP contribution is 2.12. The maximum atomic E-state index is 11.1. The second-order valence-corrected chi connectivity index (χ2v) is 5.32. The fourth-order valence-corrected chi connectivity index (χ4v) is 2.56. The van der Waals surface area contributed by atoms with Crippen LogP contribution in [-0.4, -0.2) is 43.2 Å². The Morgan fingerprint density at radius 1 is 1.47 bits per heavy atom. The lowest BCUT2D eigenvalue weighted by Gasteiger charge is -2.33. The lowest BCUT2D eigenvalue weighted by molar-refractivity contribution is -0.135. The summed E-state index contributed by atoms with van der Waals surface area (Å²) < 4.78 is 5.35. The molecule has 1 aliphatic rings. The first kappa shape index (κ1) is 14.0. The molecular formula is C15H22N2O2. The van der Waals surface area contributed by atoms with Crippen LogP contribution in [0.4, 0.5) is 0 Å². The van der Waals surface area contributed by atoms with E-state index in [1.54, 1.807) is 0 Å². The molecule has 2 atom stereocenters. The standard InChI is InChI=1S/C15H22N2O2/c1-12(9-13-5-3-2-4-6-13)10-17-7-8-19-14(11-17)15(16)18/h2-6,12,14H,7-11H2,1H3,(H2,16,18). The van der Waals surface area contributed by atoms with E-state index in [0.717, 1.165) is 19.5 Å². The van der Waals surface area contributed by atoms with E-state index in [0.29, 0.717) is 19.1 Å². The van der Waals surface area contributed by atoms with E-state index in [1.165, 1.54) is 5.56 Å². The topological polar surface area (TPSA) is 55.6 Å². The van der Waals surface area contributed by atoms with Gasteiger partial charge in [-0.1, -0.05) is 37.3 Å². The molecule has 0 radical (unpaired) electrons. The van der Waals surface area contributed by atoms with Gasteiger partial charge in [0.2, 0.25) is 5.91 Å². The summed E-state index contributed by atoms with van der Waals surface area (Å²) in [7, 11) is 0. The molecule has 0 spiro atoms. The Morgan fingerprint density at radius 3 is 2.89 bits per heavy atom. The maximum Gasteiger partial charge on any atom is 0.247 e. The van der Waals surface area contributed by atoms with Gasteiger partial charge in [-0.15, -0.1) is 0 Å². The largest absolute Gasteiger partial charge is 0.367 e. The van der Waals surface area contributed by atoms with E-state index >= 15 is 0 Å². The summed E-state index contributed by atoms with van der Waals surface area (Å²) in [5.74, 6) is 0.189. The Kier molecular flexibility index (Phi) is 4.93. The van der Waals surface area contributed by atoms with Gasteiger partial charge in [0.1, 0.15) is 6.10 Å². The minimum atomic E-state index is -0.447. The van der Waals surface area contributed by atoms with Crippen LogP contribution in [-0.2, 0) is 16.0 Å². The maximum absolute atomic E-state index is 11.1. The van der Waals surface area contributed by atoms with Gasteiger partial charge in [-0.3, -0.25) is 9.69 Å². The van der Waals surface area contributed by atoms with E-state index in [-0.39, 0.29) is 5.91 Å². The summed E-state index contributed by atoms with van der Waals surface area (Å²) in [4.78, 5) is 13.4. The molecule has 1 aliphatic heterocycles. The van der Waals surface area contributed by atoms with Crippen molar-refractivity contribution in [3.05, 3.63) is 35.9 Å². The van der Waals surface area contributed by atoms with Crippen molar-refractivity contribution in [3.63, 3.8) is 0 Å². The molecular weight excluding hydrogens is 240 g/mol. The average Bonchev–Trinajstić information content (AvgIpc) is 2.40. The Labute approximate surface area is 114 Å². The van der Waals surface area contributed by atoms with Crippen molar-refractivity contribution in [2.45, 2.75) is 19.4 Å². The van der Waals surface area contributed by atoms with Crippen LogP contribution in [0.25, 0.3) is 0 Å². The van der Waals surface area contributed by atoms with Gasteiger partial charge >= 0.3 is 0 Å². The minimum absolute atomic E-state index is 0.361. The van der Waals surface area contributed by atoms with Gasteiger partial charge in [0.15, 0.2) is 0 Å². The van der Waals surface area contributed by atoms with Gasteiger partial charge in [-0.05, 0) is 17.9 Å². The average molecular weight is 262 g/mol. The van der Waals surface area contributed by atoms with Crippen LogP contribution < -0.4 is 5.73 Å². The van der Waals surface area contributed by atoms with Crippen LogP contribution in [0.3, 0.4) is 0 Å². The minimum Gasteiger partial charge on any atom is -0.367 e. The Morgan fingerprint density at radius 2 is 2.21 bits per heavy atom. The highest BCUT2D eigenvalue weighted by molar-refractivity contribution is 5.79. The summed E-state index contributed by atoms with van der Waals surface area (Å²) in [6.45, 7) is 5.30. The number of carbonyl (C=O) groups is 1. The summed E-state index contributed by atoms with van der Waals surface area (Å²) in [5, 5.41) is 0. The Bertz CT molecular complexity index is 408. The predicted octanol–water partition coefficient (Wildman–Crippen LogP) is 1.05. The molecule has 2 N–H and O–H groups in total. The predicted molar refractivity (Wildman–Crippen MR) is 74.7 cm³/mol. The molecule has 2 rings (SSSR count). The van der Waals surface area contributed by atoms with E-state index in [1.807, 2.05) is 6.07 Å². The highest BCUT2D eigenvalue weighted by Gasteiger charge is 2.25. The smallest absolute Gasteiger partial charge is 0.247 e. The number of nitrogens with zero attached hydrogens (tertiary/aromatic N) is 1. The number of amides is 1. The number of nitrogens with two attached hydrogens (primary N) is 1. The third kappa shape index (κ3) is 4.33. The number of morpholine rings is 1. The van der Waals surface area contributed by atoms with Crippen LogP contribution in [0.1, 0.15) is 12.5 Å². The van der Waals surface area contributed by atoms with Crippen molar-refractivity contribution in [1.29, 1.82) is 0 Å².